The van der Waals surface area contributed by atoms with Gasteiger partial charge in [0, 0.05) is 16.8 Å². The number of anilines is 1. The zero-order valence-electron chi connectivity index (χ0n) is 15.5. The van der Waals surface area contributed by atoms with Crippen LogP contribution < -0.4 is 14.8 Å². The Hall–Kier alpha value is -2.73. The highest BCUT2D eigenvalue weighted by Gasteiger charge is 2.17. The number of halogens is 1. The lowest BCUT2D eigenvalue weighted by Crippen LogP contribution is -2.14. The maximum Gasteiger partial charge on any atom is 0.341 e. The van der Waals surface area contributed by atoms with Gasteiger partial charge in [-0.15, -0.1) is 0 Å². The van der Waals surface area contributed by atoms with Crippen molar-refractivity contribution < 1.29 is 23.8 Å². The number of hydrogen-bond donors (Lipinski definition) is 1. The third-order valence-electron chi connectivity index (χ3n) is 3.52. The van der Waals surface area contributed by atoms with E-state index in [-0.39, 0.29) is 12.5 Å². The lowest BCUT2D eigenvalue weighted by molar-refractivity contribution is 0.0522. The van der Waals surface area contributed by atoms with E-state index in [2.05, 4.69) is 5.32 Å². The smallest absolute Gasteiger partial charge is 0.341 e. The summed E-state index contributed by atoms with van der Waals surface area (Å²) in [5, 5.41) is 3.20. The summed E-state index contributed by atoms with van der Waals surface area (Å²) in [4.78, 5) is 24.7. The minimum atomic E-state index is -0.479. The summed E-state index contributed by atoms with van der Waals surface area (Å²) < 4.78 is 16.0. The van der Waals surface area contributed by atoms with Gasteiger partial charge in [-0.3, -0.25) is 4.79 Å². The number of benzene rings is 2. The highest BCUT2D eigenvalue weighted by molar-refractivity contribution is 6.31. The first-order chi connectivity index (χ1) is 13.0. The van der Waals surface area contributed by atoms with Gasteiger partial charge in [0.25, 0.3) is 5.91 Å². The predicted octanol–water partition coefficient (Wildman–Crippen LogP) is 4.57. The van der Waals surface area contributed by atoms with Crippen molar-refractivity contribution in [2.24, 2.45) is 0 Å². The Kier molecular flexibility index (Phi) is 7.49. The number of carbonyl (C=O) groups excluding carboxylic acids is 2. The monoisotopic (exact) mass is 391 g/mol. The molecule has 0 aromatic heterocycles. The van der Waals surface area contributed by atoms with Crippen molar-refractivity contribution in [3.63, 3.8) is 0 Å². The molecule has 0 aliphatic rings. The van der Waals surface area contributed by atoms with Crippen LogP contribution in [0, 0.1) is 0 Å². The summed E-state index contributed by atoms with van der Waals surface area (Å²) in [6.07, 6.45) is 0. The third kappa shape index (κ3) is 5.37. The molecule has 7 heteroatoms. The van der Waals surface area contributed by atoms with Crippen molar-refractivity contribution in [3.8, 4) is 11.5 Å². The largest absolute Gasteiger partial charge is 0.493 e. The van der Waals surface area contributed by atoms with E-state index in [0.29, 0.717) is 46.5 Å². The van der Waals surface area contributed by atoms with Crippen molar-refractivity contribution in [1.82, 2.24) is 0 Å². The van der Waals surface area contributed by atoms with Crippen molar-refractivity contribution in [2.45, 2.75) is 20.8 Å². The highest BCUT2D eigenvalue weighted by atomic mass is 35.5. The Morgan fingerprint density at radius 2 is 1.59 bits per heavy atom. The topological polar surface area (TPSA) is 73.9 Å². The van der Waals surface area contributed by atoms with Crippen molar-refractivity contribution >= 4 is 29.2 Å². The minimum Gasteiger partial charge on any atom is -0.493 e. The van der Waals surface area contributed by atoms with Gasteiger partial charge in [0.1, 0.15) is 17.1 Å². The second-order valence-corrected chi connectivity index (χ2v) is 5.83. The van der Waals surface area contributed by atoms with Gasteiger partial charge in [0.15, 0.2) is 0 Å². The van der Waals surface area contributed by atoms with Crippen molar-refractivity contribution in [1.29, 1.82) is 0 Å². The average Bonchev–Trinajstić information content (AvgIpc) is 2.64. The van der Waals surface area contributed by atoms with Gasteiger partial charge in [-0.1, -0.05) is 11.6 Å². The molecular formula is C20H22ClNO5. The Balaban J connectivity index is 2.29. The van der Waals surface area contributed by atoms with Gasteiger partial charge in [-0.2, -0.15) is 0 Å². The lowest BCUT2D eigenvalue weighted by atomic mass is 10.1. The molecule has 2 aromatic carbocycles. The van der Waals surface area contributed by atoms with E-state index >= 15 is 0 Å². The number of carbonyl (C=O) groups is 2. The quantitative estimate of drug-likeness (QED) is 0.667. The summed E-state index contributed by atoms with van der Waals surface area (Å²) in [5.41, 5.74) is 1.09. The van der Waals surface area contributed by atoms with Crippen LogP contribution in [0.4, 0.5) is 5.69 Å². The van der Waals surface area contributed by atoms with Crippen LogP contribution in [0.1, 0.15) is 41.5 Å². The Morgan fingerprint density at radius 1 is 0.889 bits per heavy atom. The van der Waals surface area contributed by atoms with E-state index in [9.17, 15) is 9.59 Å². The molecule has 1 amide bonds. The zero-order chi connectivity index (χ0) is 19.8. The molecular weight excluding hydrogens is 370 g/mol. The van der Waals surface area contributed by atoms with Crippen LogP contribution in [-0.4, -0.2) is 31.7 Å². The molecule has 0 bridgehead atoms. The molecule has 0 saturated carbocycles. The van der Waals surface area contributed by atoms with Crippen LogP contribution in [0.3, 0.4) is 0 Å². The number of nitrogens with one attached hydrogen (secondary N) is 1. The van der Waals surface area contributed by atoms with Gasteiger partial charge in [-0.25, -0.2) is 4.79 Å². The van der Waals surface area contributed by atoms with E-state index in [1.165, 1.54) is 0 Å². The number of amides is 1. The fourth-order valence-corrected chi connectivity index (χ4v) is 2.58. The first-order valence-corrected chi connectivity index (χ1v) is 9.05. The van der Waals surface area contributed by atoms with Gasteiger partial charge in [0.05, 0.1) is 25.4 Å². The SMILES string of the molecule is CCOC(=O)c1ccc(NC(=O)c2cc(Cl)ccc2OCC)cc1OCC. The van der Waals surface area contributed by atoms with E-state index in [0.717, 1.165) is 0 Å². The van der Waals surface area contributed by atoms with Gasteiger partial charge in [0.2, 0.25) is 0 Å². The van der Waals surface area contributed by atoms with Crippen LogP contribution >= 0.6 is 11.6 Å². The normalized spacial score (nSPS) is 10.2. The maximum absolute atomic E-state index is 12.7. The highest BCUT2D eigenvalue weighted by Crippen LogP contribution is 2.27. The van der Waals surface area contributed by atoms with E-state index in [1.54, 1.807) is 50.2 Å². The molecule has 0 atom stereocenters. The summed E-state index contributed by atoms with van der Waals surface area (Å²) in [6, 6.07) is 9.59. The molecule has 6 nitrogen and oxygen atoms in total. The standard InChI is InChI=1S/C20H22ClNO5/c1-4-25-17-10-7-13(21)11-16(17)19(23)22-14-8-9-15(20(24)27-6-3)18(12-14)26-5-2/h7-12H,4-6H2,1-3H3,(H,22,23). The minimum absolute atomic E-state index is 0.262. The summed E-state index contributed by atoms with van der Waals surface area (Å²) >= 11 is 6.01. The summed E-state index contributed by atoms with van der Waals surface area (Å²) in [7, 11) is 0. The number of ether oxygens (including phenoxy) is 3. The van der Waals surface area contributed by atoms with Gasteiger partial charge >= 0.3 is 5.97 Å². The van der Waals surface area contributed by atoms with Crippen LogP contribution in [0.25, 0.3) is 0 Å². The Bertz CT molecular complexity index is 822. The predicted molar refractivity (Wildman–Crippen MR) is 104 cm³/mol. The van der Waals surface area contributed by atoms with Crippen molar-refractivity contribution in [2.75, 3.05) is 25.1 Å². The van der Waals surface area contributed by atoms with Crippen LogP contribution in [0.15, 0.2) is 36.4 Å². The fraction of sp³-hybridized carbons (Fsp3) is 0.300. The first-order valence-electron chi connectivity index (χ1n) is 8.67. The molecule has 1 N–H and O–H groups in total. The fourth-order valence-electron chi connectivity index (χ4n) is 2.41. The number of esters is 1. The molecule has 0 saturated heterocycles. The molecule has 27 heavy (non-hydrogen) atoms. The molecule has 144 valence electrons. The summed E-state index contributed by atoms with van der Waals surface area (Å²) in [5.74, 6) is -0.0861. The lowest BCUT2D eigenvalue weighted by Gasteiger charge is -2.14. The Labute approximate surface area is 163 Å². The number of rotatable bonds is 8. The Morgan fingerprint density at radius 3 is 2.26 bits per heavy atom. The molecule has 0 aliphatic heterocycles. The van der Waals surface area contributed by atoms with Crippen LogP contribution in [0.5, 0.6) is 11.5 Å². The third-order valence-corrected chi connectivity index (χ3v) is 3.76. The molecule has 0 radical (unpaired) electrons. The zero-order valence-corrected chi connectivity index (χ0v) is 16.3. The maximum atomic E-state index is 12.7. The molecule has 2 aromatic rings. The molecule has 0 fully saturated rings. The summed E-state index contributed by atoms with van der Waals surface area (Å²) in [6.45, 7) is 6.42. The molecule has 0 heterocycles. The second kappa shape index (κ2) is 9.83. The molecule has 0 spiro atoms. The van der Waals surface area contributed by atoms with Gasteiger partial charge < -0.3 is 19.5 Å². The molecule has 0 aliphatic carbocycles. The van der Waals surface area contributed by atoms with Gasteiger partial charge in [-0.05, 0) is 51.1 Å². The van der Waals surface area contributed by atoms with E-state index in [4.69, 9.17) is 25.8 Å². The second-order valence-electron chi connectivity index (χ2n) is 5.39. The first kappa shape index (κ1) is 20.6. The van der Waals surface area contributed by atoms with Crippen LogP contribution in [-0.2, 0) is 4.74 Å². The van der Waals surface area contributed by atoms with E-state index in [1.807, 2.05) is 6.92 Å². The van der Waals surface area contributed by atoms with Crippen molar-refractivity contribution in [3.05, 3.63) is 52.5 Å². The van der Waals surface area contributed by atoms with Crippen LogP contribution in [0.2, 0.25) is 5.02 Å². The number of hydrogen-bond acceptors (Lipinski definition) is 5. The molecule has 0 unspecified atom stereocenters. The van der Waals surface area contributed by atoms with E-state index < -0.39 is 5.97 Å². The average molecular weight is 392 g/mol. The molecule has 2 rings (SSSR count).